The van der Waals surface area contributed by atoms with E-state index in [1.807, 2.05) is 56.3 Å². The highest BCUT2D eigenvalue weighted by Gasteiger charge is 2.48. The molecule has 9 heteroatoms. The van der Waals surface area contributed by atoms with E-state index in [9.17, 15) is 19.5 Å². The first-order valence-corrected chi connectivity index (χ1v) is 14.0. The maximum atomic E-state index is 13.7. The standard InChI is InChI=1S/C33H28N2O6S/c1-5-16-40-32(39)30-21(4)34-33(42-30)35-27(22-10-9-13-24(18-22)41-23-11-7-6-8-12-23)26(29(37)31(35)38)28(36)25-17-19(2)14-15-20(25)3/h5-15,17-18,27,36H,1,16H2,2-4H3/b28-26+. The average Bonchev–Trinajstić information content (AvgIpc) is 3.49. The van der Waals surface area contributed by atoms with Gasteiger partial charge in [0.15, 0.2) is 5.13 Å². The SMILES string of the molecule is C=CCOC(=O)c1sc(N2C(=O)C(=O)/C(=C(/O)c3cc(C)ccc3C)C2c2cccc(Oc3ccccc3)c2)nc1C. The molecule has 4 aromatic rings. The number of rotatable bonds is 8. The molecule has 0 bridgehead atoms. The number of aryl methyl sites for hydroxylation is 3. The molecule has 42 heavy (non-hydrogen) atoms. The number of amides is 1. The summed E-state index contributed by atoms with van der Waals surface area (Å²) in [5, 5.41) is 11.7. The van der Waals surface area contributed by atoms with Crippen LogP contribution < -0.4 is 9.64 Å². The van der Waals surface area contributed by atoms with Crippen molar-refractivity contribution >= 4 is 39.9 Å². The van der Waals surface area contributed by atoms with Gasteiger partial charge in [0.25, 0.3) is 5.78 Å². The van der Waals surface area contributed by atoms with Crippen LogP contribution in [-0.4, -0.2) is 34.4 Å². The molecule has 1 aromatic heterocycles. The van der Waals surface area contributed by atoms with Crippen LogP contribution in [0.2, 0.25) is 0 Å². The summed E-state index contributed by atoms with van der Waals surface area (Å²) in [5.41, 5.74) is 2.83. The van der Waals surface area contributed by atoms with E-state index < -0.39 is 23.7 Å². The quantitative estimate of drug-likeness (QED) is 0.0801. The summed E-state index contributed by atoms with van der Waals surface area (Å²) in [4.78, 5) is 45.9. The van der Waals surface area contributed by atoms with Gasteiger partial charge in [0.05, 0.1) is 17.3 Å². The first kappa shape index (κ1) is 28.5. The number of esters is 1. The number of anilines is 1. The van der Waals surface area contributed by atoms with Crippen LogP contribution in [0.1, 0.15) is 43.7 Å². The molecular weight excluding hydrogens is 552 g/mol. The van der Waals surface area contributed by atoms with Crippen molar-refractivity contribution in [2.24, 2.45) is 0 Å². The van der Waals surface area contributed by atoms with Crippen LogP contribution in [0.25, 0.3) is 5.76 Å². The first-order valence-electron chi connectivity index (χ1n) is 13.2. The van der Waals surface area contributed by atoms with Crippen molar-refractivity contribution < 1.29 is 29.0 Å². The number of aliphatic hydroxyl groups is 1. The molecule has 1 fully saturated rings. The predicted octanol–water partition coefficient (Wildman–Crippen LogP) is 6.83. The number of ether oxygens (including phenoxy) is 2. The molecule has 1 atom stereocenters. The summed E-state index contributed by atoms with van der Waals surface area (Å²) in [7, 11) is 0. The third-order valence-electron chi connectivity index (χ3n) is 6.75. The number of aliphatic hydroxyl groups excluding tert-OH is 1. The minimum atomic E-state index is -1.05. The van der Waals surface area contributed by atoms with Gasteiger partial charge in [0.1, 0.15) is 28.7 Å². The number of benzene rings is 3. The molecule has 8 nitrogen and oxygen atoms in total. The van der Waals surface area contributed by atoms with E-state index in [0.717, 1.165) is 22.5 Å². The number of nitrogens with zero attached hydrogens (tertiary/aromatic N) is 2. The van der Waals surface area contributed by atoms with E-state index in [0.29, 0.717) is 28.3 Å². The Morgan fingerprint density at radius 3 is 2.50 bits per heavy atom. The highest BCUT2D eigenvalue weighted by atomic mass is 32.1. The van der Waals surface area contributed by atoms with Crippen LogP contribution in [-0.2, 0) is 14.3 Å². The Labute approximate surface area is 247 Å². The first-order chi connectivity index (χ1) is 20.2. The van der Waals surface area contributed by atoms with E-state index in [-0.39, 0.29) is 27.9 Å². The summed E-state index contributed by atoms with van der Waals surface area (Å²) < 4.78 is 11.2. The number of hydrogen-bond acceptors (Lipinski definition) is 8. The lowest BCUT2D eigenvalue weighted by atomic mass is 9.93. The molecule has 1 aliphatic heterocycles. The molecule has 1 amide bonds. The van der Waals surface area contributed by atoms with E-state index in [1.54, 1.807) is 37.3 Å². The monoisotopic (exact) mass is 580 g/mol. The average molecular weight is 581 g/mol. The Bertz CT molecular complexity index is 1740. The van der Waals surface area contributed by atoms with Gasteiger partial charge >= 0.3 is 11.9 Å². The highest BCUT2D eigenvalue weighted by molar-refractivity contribution is 7.17. The van der Waals surface area contributed by atoms with Crippen LogP contribution in [0.15, 0.2) is 91.0 Å². The fourth-order valence-corrected chi connectivity index (χ4v) is 5.72. The minimum Gasteiger partial charge on any atom is -0.507 e. The Morgan fingerprint density at radius 1 is 1.02 bits per heavy atom. The van der Waals surface area contributed by atoms with Crippen molar-refractivity contribution in [3.8, 4) is 11.5 Å². The van der Waals surface area contributed by atoms with Gasteiger partial charge in [0.2, 0.25) is 0 Å². The fraction of sp³-hybridized carbons (Fsp3) is 0.152. The van der Waals surface area contributed by atoms with Crippen molar-refractivity contribution in [3.63, 3.8) is 0 Å². The van der Waals surface area contributed by atoms with Crippen molar-refractivity contribution in [3.05, 3.63) is 124 Å². The van der Waals surface area contributed by atoms with Crippen LogP contribution in [0.3, 0.4) is 0 Å². The van der Waals surface area contributed by atoms with E-state index in [4.69, 9.17) is 9.47 Å². The number of ketones is 1. The van der Waals surface area contributed by atoms with Crippen molar-refractivity contribution in [2.45, 2.75) is 26.8 Å². The Kier molecular flexibility index (Phi) is 8.04. The number of para-hydroxylation sites is 1. The molecule has 1 saturated heterocycles. The second kappa shape index (κ2) is 11.8. The van der Waals surface area contributed by atoms with Crippen molar-refractivity contribution in [1.29, 1.82) is 0 Å². The molecule has 1 N–H and O–H groups in total. The van der Waals surface area contributed by atoms with Gasteiger partial charge in [-0.1, -0.05) is 72.0 Å². The van der Waals surface area contributed by atoms with Gasteiger partial charge in [-0.15, -0.1) is 0 Å². The third-order valence-corrected chi connectivity index (χ3v) is 7.89. The molecule has 0 aliphatic carbocycles. The maximum Gasteiger partial charge on any atom is 0.350 e. The summed E-state index contributed by atoms with van der Waals surface area (Å²) in [5.74, 6) is -1.57. The number of carbonyl (C=O) groups is 3. The smallest absolute Gasteiger partial charge is 0.350 e. The zero-order chi connectivity index (χ0) is 30.0. The Morgan fingerprint density at radius 2 is 1.76 bits per heavy atom. The lowest BCUT2D eigenvalue weighted by Crippen LogP contribution is -2.29. The molecule has 3 aromatic carbocycles. The molecular formula is C33H28N2O6S. The van der Waals surface area contributed by atoms with Gasteiger partial charge in [-0.25, -0.2) is 9.78 Å². The van der Waals surface area contributed by atoms with Gasteiger partial charge < -0.3 is 14.6 Å². The zero-order valence-corrected chi connectivity index (χ0v) is 24.1. The zero-order valence-electron chi connectivity index (χ0n) is 23.3. The van der Waals surface area contributed by atoms with Crippen LogP contribution in [0.5, 0.6) is 11.5 Å². The molecule has 1 unspecified atom stereocenters. The summed E-state index contributed by atoms with van der Waals surface area (Å²) in [6.45, 7) is 8.89. The largest absolute Gasteiger partial charge is 0.507 e. The van der Waals surface area contributed by atoms with Crippen molar-refractivity contribution in [2.75, 3.05) is 11.5 Å². The topological polar surface area (TPSA) is 106 Å². The number of Topliss-reactive ketones (excluding diaryl/α,β-unsaturated/α-hetero) is 1. The van der Waals surface area contributed by atoms with E-state index in [2.05, 4.69) is 11.6 Å². The highest BCUT2D eigenvalue weighted by Crippen LogP contribution is 2.45. The molecule has 2 heterocycles. The molecule has 0 radical (unpaired) electrons. The predicted molar refractivity (Wildman–Crippen MR) is 161 cm³/mol. The second-order valence-corrected chi connectivity index (χ2v) is 10.8. The molecule has 1 aliphatic rings. The maximum absolute atomic E-state index is 13.7. The molecule has 0 saturated carbocycles. The Balaban J connectivity index is 1.67. The van der Waals surface area contributed by atoms with Gasteiger partial charge in [-0.05, 0) is 62.2 Å². The lowest BCUT2D eigenvalue weighted by molar-refractivity contribution is -0.132. The number of thiazole rings is 1. The molecule has 5 rings (SSSR count). The Hall–Kier alpha value is -5.02. The number of hydrogen-bond donors (Lipinski definition) is 1. The number of carbonyl (C=O) groups excluding carboxylic acids is 3. The van der Waals surface area contributed by atoms with Crippen molar-refractivity contribution in [1.82, 2.24) is 4.98 Å². The lowest BCUT2D eigenvalue weighted by Gasteiger charge is -2.23. The van der Waals surface area contributed by atoms with Gasteiger partial charge in [0, 0.05) is 5.56 Å². The van der Waals surface area contributed by atoms with E-state index >= 15 is 0 Å². The second-order valence-electron chi connectivity index (χ2n) is 9.77. The van der Waals surface area contributed by atoms with E-state index in [1.165, 1.54) is 11.0 Å². The van der Waals surface area contributed by atoms with Crippen LogP contribution >= 0.6 is 11.3 Å². The normalized spacial score (nSPS) is 16.0. The third kappa shape index (κ3) is 5.46. The minimum absolute atomic E-state index is 0.0140. The summed E-state index contributed by atoms with van der Waals surface area (Å²) in [6.07, 6.45) is 1.45. The molecule has 212 valence electrons. The molecule has 0 spiro atoms. The summed E-state index contributed by atoms with van der Waals surface area (Å²) in [6, 6.07) is 20.6. The van der Waals surface area contributed by atoms with Gasteiger partial charge in [-0.3, -0.25) is 14.5 Å². The fourth-order valence-electron chi connectivity index (χ4n) is 4.73. The van der Waals surface area contributed by atoms with Crippen LogP contribution in [0, 0.1) is 20.8 Å². The van der Waals surface area contributed by atoms with Gasteiger partial charge in [-0.2, -0.15) is 0 Å². The number of aromatic nitrogens is 1. The van der Waals surface area contributed by atoms with Crippen LogP contribution in [0.4, 0.5) is 5.13 Å². The summed E-state index contributed by atoms with van der Waals surface area (Å²) >= 11 is 0.939.